The number of nitrogens with two attached hydrogens (primary N) is 1. The van der Waals surface area contributed by atoms with E-state index in [2.05, 4.69) is 40.0 Å². The molecule has 0 heterocycles. The number of halogens is 1. The molecule has 4 heteroatoms. The Morgan fingerprint density at radius 2 is 1.80 bits per heavy atom. The van der Waals surface area contributed by atoms with Crippen LogP contribution in [0.2, 0.25) is 0 Å². The molecule has 0 spiro atoms. The minimum Gasteiger partial charge on any atom is -0.497 e. The molecular formula is C16H19BrN2O. The van der Waals surface area contributed by atoms with E-state index in [1.54, 1.807) is 7.11 Å². The SMILES string of the molecule is COc1ccc(CN(C)Cc2c(N)cccc2Br)cc1. The first-order valence-corrected chi connectivity index (χ1v) is 7.24. The third-order valence-corrected chi connectivity index (χ3v) is 3.94. The lowest BCUT2D eigenvalue weighted by molar-refractivity contribution is 0.319. The molecule has 0 saturated carbocycles. The molecule has 0 saturated heterocycles. The summed E-state index contributed by atoms with van der Waals surface area (Å²) in [4.78, 5) is 2.23. The van der Waals surface area contributed by atoms with Crippen molar-refractivity contribution in [2.24, 2.45) is 0 Å². The number of anilines is 1. The van der Waals surface area contributed by atoms with E-state index in [0.29, 0.717) is 0 Å². The third-order valence-electron chi connectivity index (χ3n) is 3.19. The lowest BCUT2D eigenvalue weighted by Crippen LogP contribution is -2.18. The predicted molar refractivity (Wildman–Crippen MR) is 86.7 cm³/mol. The summed E-state index contributed by atoms with van der Waals surface area (Å²) < 4.78 is 6.22. The maximum atomic E-state index is 6.03. The molecule has 0 aromatic heterocycles. The number of nitrogen functional groups attached to an aromatic ring is 1. The highest BCUT2D eigenvalue weighted by Gasteiger charge is 2.08. The molecule has 0 unspecified atom stereocenters. The van der Waals surface area contributed by atoms with Gasteiger partial charge in [0.1, 0.15) is 5.75 Å². The first kappa shape index (κ1) is 14.9. The van der Waals surface area contributed by atoms with Gasteiger partial charge in [0.05, 0.1) is 7.11 Å². The molecule has 0 aliphatic heterocycles. The van der Waals surface area contributed by atoms with E-state index < -0.39 is 0 Å². The lowest BCUT2D eigenvalue weighted by Gasteiger charge is -2.19. The summed E-state index contributed by atoms with van der Waals surface area (Å²) in [5, 5.41) is 0. The maximum Gasteiger partial charge on any atom is 0.118 e. The Balaban J connectivity index is 2.03. The number of hydrogen-bond donors (Lipinski definition) is 1. The van der Waals surface area contributed by atoms with Crippen molar-refractivity contribution in [3.63, 3.8) is 0 Å². The van der Waals surface area contributed by atoms with Crippen LogP contribution in [0.3, 0.4) is 0 Å². The largest absolute Gasteiger partial charge is 0.497 e. The Kier molecular flexibility index (Phi) is 5.04. The summed E-state index contributed by atoms with van der Waals surface area (Å²) in [6.07, 6.45) is 0. The number of methoxy groups -OCH3 is 1. The zero-order valence-corrected chi connectivity index (χ0v) is 13.4. The van der Waals surface area contributed by atoms with Crippen LogP contribution in [-0.4, -0.2) is 19.1 Å². The van der Waals surface area contributed by atoms with E-state index >= 15 is 0 Å². The van der Waals surface area contributed by atoms with Gasteiger partial charge < -0.3 is 10.5 Å². The minimum atomic E-state index is 0.805. The van der Waals surface area contributed by atoms with E-state index in [9.17, 15) is 0 Å². The number of hydrogen-bond acceptors (Lipinski definition) is 3. The number of nitrogens with zero attached hydrogens (tertiary/aromatic N) is 1. The first-order chi connectivity index (χ1) is 9.60. The van der Waals surface area contributed by atoms with Crippen LogP contribution in [0.1, 0.15) is 11.1 Å². The predicted octanol–water partition coefficient (Wildman–Crippen LogP) is 3.67. The lowest BCUT2D eigenvalue weighted by atomic mass is 10.1. The van der Waals surface area contributed by atoms with Crippen molar-refractivity contribution in [1.82, 2.24) is 4.90 Å². The average molecular weight is 335 g/mol. The van der Waals surface area contributed by atoms with E-state index in [4.69, 9.17) is 10.5 Å². The fourth-order valence-electron chi connectivity index (χ4n) is 2.11. The van der Waals surface area contributed by atoms with Crippen LogP contribution in [0.5, 0.6) is 5.75 Å². The van der Waals surface area contributed by atoms with Gasteiger partial charge in [0.15, 0.2) is 0 Å². The first-order valence-electron chi connectivity index (χ1n) is 6.44. The zero-order chi connectivity index (χ0) is 14.5. The van der Waals surface area contributed by atoms with Gasteiger partial charge in [-0.3, -0.25) is 4.90 Å². The minimum absolute atomic E-state index is 0.805. The summed E-state index contributed by atoms with van der Waals surface area (Å²) in [6.45, 7) is 1.67. The van der Waals surface area contributed by atoms with Crippen LogP contribution in [0, 0.1) is 0 Å². The molecule has 0 amide bonds. The summed E-state index contributed by atoms with van der Waals surface area (Å²) >= 11 is 3.56. The quantitative estimate of drug-likeness (QED) is 0.848. The van der Waals surface area contributed by atoms with Crippen molar-refractivity contribution in [3.05, 3.63) is 58.1 Å². The Morgan fingerprint density at radius 3 is 2.40 bits per heavy atom. The fourth-order valence-corrected chi connectivity index (χ4v) is 2.62. The van der Waals surface area contributed by atoms with Crippen molar-refractivity contribution < 1.29 is 4.74 Å². The van der Waals surface area contributed by atoms with Crippen LogP contribution >= 0.6 is 15.9 Å². The van der Waals surface area contributed by atoms with Gasteiger partial charge in [-0.15, -0.1) is 0 Å². The summed E-state index contributed by atoms with van der Waals surface area (Å²) in [7, 11) is 3.76. The zero-order valence-electron chi connectivity index (χ0n) is 11.8. The Hall–Kier alpha value is -1.52. The average Bonchev–Trinajstić information content (AvgIpc) is 2.44. The molecule has 2 rings (SSSR count). The van der Waals surface area contributed by atoms with Crippen molar-refractivity contribution in [3.8, 4) is 5.75 Å². The summed E-state index contributed by atoms with van der Waals surface area (Å²) in [5.41, 5.74) is 9.23. The normalized spacial score (nSPS) is 10.8. The van der Waals surface area contributed by atoms with Crippen LogP contribution in [-0.2, 0) is 13.1 Å². The van der Waals surface area contributed by atoms with Crippen molar-refractivity contribution in [1.29, 1.82) is 0 Å². The summed E-state index contributed by atoms with van der Waals surface area (Å²) in [5.74, 6) is 0.881. The van der Waals surface area contributed by atoms with E-state index in [0.717, 1.165) is 34.6 Å². The Labute approximate surface area is 128 Å². The monoisotopic (exact) mass is 334 g/mol. The standard InChI is InChI=1S/C16H19BrN2O/c1-19(10-12-6-8-13(20-2)9-7-12)11-14-15(17)4-3-5-16(14)18/h3-9H,10-11,18H2,1-2H3. The van der Waals surface area contributed by atoms with Crippen molar-refractivity contribution >= 4 is 21.6 Å². The van der Waals surface area contributed by atoms with Gasteiger partial charge in [-0.2, -0.15) is 0 Å². The molecule has 0 fully saturated rings. The number of rotatable bonds is 5. The molecule has 0 radical (unpaired) electrons. The molecule has 2 aromatic rings. The van der Waals surface area contributed by atoms with Gasteiger partial charge in [-0.05, 0) is 36.9 Å². The molecule has 2 aromatic carbocycles. The van der Waals surface area contributed by atoms with Gasteiger partial charge in [-0.1, -0.05) is 34.1 Å². The van der Waals surface area contributed by atoms with Crippen LogP contribution in [0.25, 0.3) is 0 Å². The Morgan fingerprint density at radius 1 is 1.10 bits per heavy atom. The molecule has 20 heavy (non-hydrogen) atoms. The van der Waals surface area contributed by atoms with Gasteiger partial charge in [0.25, 0.3) is 0 Å². The molecule has 3 nitrogen and oxygen atoms in total. The smallest absolute Gasteiger partial charge is 0.118 e. The summed E-state index contributed by atoms with van der Waals surface area (Å²) in [6, 6.07) is 14.0. The van der Waals surface area contributed by atoms with Gasteiger partial charge in [0, 0.05) is 28.8 Å². The molecule has 0 bridgehead atoms. The molecule has 0 aliphatic rings. The van der Waals surface area contributed by atoms with Crippen LogP contribution in [0.15, 0.2) is 46.9 Å². The third kappa shape index (κ3) is 3.74. The van der Waals surface area contributed by atoms with Gasteiger partial charge in [-0.25, -0.2) is 0 Å². The van der Waals surface area contributed by atoms with Crippen molar-refractivity contribution in [2.45, 2.75) is 13.1 Å². The highest BCUT2D eigenvalue weighted by atomic mass is 79.9. The van der Waals surface area contributed by atoms with E-state index in [1.807, 2.05) is 30.3 Å². The molecular weight excluding hydrogens is 316 g/mol. The fraction of sp³-hybridized carbons (Fsp3) is 0.250. The highest BCUT2D eigenvalue weighted by Crippen LogP contribution is 2.24. The van der Waals surface area contributed by atoms with E-state index in [1.165, 1.54) is 5.56 Å². The number of ether oxygens (including phenoxy) is 1. The van der Waals surface area contributed by atoms with Gasteiger partial charge >= 0.3 is 0 Å². The van der Waals surface area contributed by atoms with Crippen molar-refractivity contribution in [2.75, 3.05) is 19.9 Å². The molecule has 0 aliphatic carbocycles. The maximum absolute atomic E-state index is 6.03. The molecule has 2 N–H and O–H groups in total. The second-order valence-electron chi connectivity index (χ2n) is 4.83. The molecule has 106 valence electrons. The van der Waals surface area contributed by atoms with Crippen LogP contribution in [0.4, 0.5) is 5.69 Å². The van der Waals surface area contributed by atoms with Crippen LogP contribution < -0.4 is 10.5 Å². The highest BCUT2D eigenvalue weighted by molar-refractivity contribution is 9.10. The van der Waals surface area contributed by atoms with E-state index in [-0.39, 0.29) is 0 Å². The second kappa shape index (κ2) is 6.77. The van der Waals surface area contributed by atoms with Gasteiger partial charge in [0.2, 0.25) is 0 Å². The Bertz CT molecular complexity index is 549. The second-order valence-corrected chi connectivity index (χ2v) is 5.68. The number of benzene rings is 2. The molecule has 0 atom stereocenters. The topological polar surface area (TPSA) is 38.5 Å².